The molecule has 3 nitrogen and oxygen atoms in total. The van der Waals surface area contributed by atoms with E-state index < -0.39 is 0 Å². The van der Waals surface area contributed by atoms with Gasteiger partial charge < -0.3 is 4.74 Å². The van der Waals surface area contributed by atoms with Gasteiger partial charge in [0.25, 0.3) is 0 Å². The smallest absolute Gasteiger partial charge is 0.230 e. The summed E-state index contributed by atoms with van der Waals surface area (Å²) in [5.74, 6) is 1.48. The Hall–Kier alpha value is -2.42. The first kappa shape index (κ1) is 11.4. The molecular weight excluding hydrogens is 248 g/mol. The molecule has 0 N–H and O–H groups in total. The van der Waals surface area contributed by atoms with Crippen molar-refractivity contribution in [3.63, 3.8) is 0 Å². The number of fused-ring (bicyclic) bond motifs is 2. The number of aryl methyl sites for hydroxylation is 2. The zero-order chi connectivity index (χ0) is 13.4. The predicted octanol–water partition coefficient (Wildman–Crippen LogP) is 3.91. The molecule has 0 fully saturated rings. The number of nitrogens with zero attached hydrogens (tertiary/aromatic N) is 2. The van der Waals surface area contributed by atoms with Crippen LogP contribution in [0, 0.1) is 0 Å². The van der Waals surface area contributed by atoms with Crippen LogP contribution in [0.2, 0.25) is 0 Å². The Morgan fingerprint density at radius 2 is 1.80 bits per heavy atom. The largest absolute Gasteiger partial charge is 0.438 e. The summed E-state index contributed by atoms with van der Waals surface area (Å²) in [4.78, 5) is 8.51. The van der Waals surface area contributed by atoms with Gasteiger partial charge in [0.05, 0.1) is 10.9 Å². The van der Waals surface area contributed by atoms with Gasteiger partial charge in [-0.3, -0.25) is 0 Å². The van der Waals surface area contributed by atoms with Crippen molar-refractivity contribution < 1.29 is 4.74 Å². The molecule has 1 aliphatic rings. The molecule has 4 rings (SSSR count). The number of hydrogen-bond donors (Lipinski definition) is 0. The maximum Gasteiger partial charge on any atom is 0.230 e. The minimum absolute atomic E-state index is 0.619. The van der Waals surface area contributed by atoms with Gasteiger partial charge in [0.15, 0.2) is 0 Å². The van der Waals surface area contributed by atoms with Crippen molar-refractivity contribution in [2.75, 3.05) is 0 Å². The molecular formula is C17H14N2O. The Bertz CT molecular complexity index is 778. The summed E-state index contributed by atoms with van der Waals surface area (Å²) < 4.78 is 5.97. The molecule has 0 radical (unpaired) electrons. The molecule has 0 unspecified atom stereocenters. The van der Waals surface area contributed by atoms with Crippen molar-refractivity contribution in [2.24, 2.45) is 0 Å². The Labute approximate surface area is 117 Å². The number of benzene rings is 2. The van der Waals surface area contributed by atoms with Crippen LogP contribution in [-0.4, -0.2) is 9.97 Å². The van der Waals surface area contributed by atoms with Crippen molar-refractivity contribution in [1.29, 1.82) is 0 Å². The van der Waals surface area contributed by atoms with Crippen molar-refractivity contribution in [2.45, 2.75) is 19.3 Å². The Morgan fingerprint density at radius 3 is 2.80 bits per heavy atom. The van der Waals surface area contributed by atoms with Gasteiger partial charge in [-0.2, -0.15) is 0 Å². The minimum atomic E-state index is 0.619. The molecule has 0 saturated heterocycles. The number of ether oxygens (including phenoxy) is 1. The van der Waals surface area contributed by atoms with Crippen LogP contribution in [0.1, 0.15) is 17.5 Å². The summed E-state index contributed by atoms with van der Waals surface area (Å²) in [5.41, 5.74) is 3.75. The highest BCUT2D eigenvalue weighted by atomic mass is 16.5. The lowest BCUT2D eigenvalue weighted by molar-refractivity contribution is 0.467. The lowest BCUT2D eigenvalue weighted by Crippen LogP contribution is -1.92. The fourth-order valence-electron chi connectivity index (χ4n) is 2.78. The summed E-state index contributed by atoms with van der Waals surface area (Å²) in [7, 11) is 0. The van der Waals surface area contributed by atoms with Gasteiger partial charge >= 0.3 is 0 Å². The zero-order valence-electron chi connectivity index (χ0n) is 11.0. The molecule has 98 valence electrons. The monoisotopic (exact) mass is 262 g/mol. The molecule has 0 spiro atoms. The molecule has 1 aliphatic carbocycles. The molecule has 2 aromatic carbocycles. The first-order valence-corrected chi connectivity index (χ1v) is 6.89. The van der Waals surface area contributed by atoms with Crippen LogP contribution in [0.4, 0.5) is 0 Å². The molecule has 3 aromatic rings. The number of hydrogen-bond acceptors (Lipinski definition) is 3. The van der Waals surface area contributed by atoms with Gasteiger partial charge in [0.2, 0.25) is 5.88 Å². The highest BCUT2D eigenvalue weighted by molar-refractivity contribution is 5.83. The van der Waals surface area contributed by atoms with Crippen LogP contribution < -0.4 is 4.74 Å². The van der Waals surface area contributed by atoms with E-state index in [0.29, 0.717) is 5.88 Å². The second-order valence-corrected chi connectivity index (χ2v) is 5.08. The van der Waals surface area contributed by atoms with E-state index in [0.717, 1.165) is 23.1 Å². The number of rotatable bonds is 2. The summed E-state index contributed by atoms with van der Waals surface area (Å²) in [5, 5.41) is 0.940. The lowest BCUT2D eigenvalue weighted by Gasteiger charge is -2.08. The second-order valence-electron chi connectivity index (χ2n) is 5.08. The van der Waals surface area contributed by atoms with Crippen LogP contribution in [0.25, 0.3) is 10.9 Å². The van der Waals surface area contributed by atoms with Gasteiger partial charge in [0.1, 0.15) is 12.1 Å². The van der Waals surface area contributed by atoms with E-state index in [2.05, 4.69) is 22.1 Å². The maximum atomic E-state index is 5.97. The van der Waals surface area contributed by atoms with Gasteiger partial charge in [0, 0.05) is 0 Å². The third-order valence-corrected chi connectivity index (χ3v) is 3.79. The average Bonchev–Trinajstić information content (AvgIpc) is 2.95. The fraction of sp³-hybridized carbons (Fsp3) is 0.176. The van der Waals surface area contributed by atoms with Crippen molar-refractivity contribution in [3.05, 3.63) is 59.9 Å². The van der Waals surface area contributed by atoms with Crippen LogP contribution in [0.15, 0.2) is 48.8 Å². The third kappa shape index (κ3) is 1.92. The molecule has 0 saturated carbocycles. The molecule has 0 amide bonds. The van der Waals surface area contributed by atoms with Crippen LogP contribution >= 0.6 is 0 Å². The van der Waals surface area contributed by atoms with Gasteiger partial charge in [-0.25, -0.2) is 9.97 Å². The van der Waals surface area contributed by atoms with Crippen molar-refractivity contribution in [1.82, 2.24) is 9.97 Å². The average molecular weight is 262 g/mol. The van der Waals surface area contributed by atoms with E-state index in [-0.39, 0.29) is 0 Å². The van der Waals surface area contributed by atoms with Crippen LogP contribution in [0.3, 0.4) is 0 Å². The summed E-state index contributed by atoms with van der Waals surface area (Å²) in [6.07, 6.45) is 5.13. The van der Waals surface area contributed by atoms with Gasteiger partial charge in [-0.15, -0.1) is 0 Å². The lowest BCUT2D eigenvalue weighted by atomic mass is 10.1. The minimum Gasteiger partial charge on any atom is -0.438 e. The predicted molar refractivity (Wildman–Crippen MR) is 78.1 cm³/mol. The molecule has 0 aliphatic heterocycles. The molecule has 0 bridgehead atoms. The molecule has 0 atom stereocenters. The zero-order valence-corrected chi connectivity index (χ0v) is 11.0. The molecule has 20 heavy (non-hydrogen) atoms. The summed E-state index contributed by atoms with van der Waals surface area (Å²) in [6, 6.07) is 14.2. The van der Waals surface area contributed by atoms with Crippen LogP contribution in [0.5, 0.6) is 11.6 Å². The number of aromatic nitrogens is 2. The highest BCUT2D eigenvalue weighted by Crippen LogP contribution is 2.30. The first-order valence-electron chi connectivity index (χ1n) is 6.89. The molecule has 3 heteroatoms. The second kappa shape index (κ2) is 4.60. The molecule has 1 heterocycles. The van der Waals surface area contributed by atoms with Gasteiger partial charge in [-0.05, 0) is 54.7 Å². The van der Waals surface area contributed by atoms with Gasteiger partial charge in [-0.1, -0.05) is 18.2 Å². The first-order chi connectivity index (χ1) is 9.90. The van der Waals surface area contributed by atoms with Crippen molar-refractivity contribution >= 4 is 10.9 Å². The van der Waals surface area contributed by atoms with E-state index >= 15 is 0 Å². The molecule has 1 aromatic heterocycles. The summed E-state index contributed by atoms with van der Waals surface area (Å²) >= 11 is 0. The van der Waals surface area contributed by atoms with E-state index in [9.17, 15) is 0 Å². The Kier molecular flexibility index (Phi) is 2.62. The Balaban J connectivity index is 1.74. The van der Waals surface area contributed by atoms with E-state index in [4.69, 9.17) is 4.74 Å². The fourth-order valence-corrected chi connectivity index (χ4v) is 2.78. The topological polar surface area (TPSA) is 35.0 Å². The van der Waals surface area contributed by atoms with E-state index in [1.54, 1.807) is 6.33 Å². The van der Waals surface area contributed by atoms with Crippen molar-refractivity contribution in [3.8, 4) is 11.6 Å². The SMILES string of the molecule is c1ccc2c(Oc3ccc4c(c3)CCC4)ncnc2c1. The van der Waals surface area contributed by atoms with E-state index in [1.165, 1.54) is 24.0 Å². The third-order valence-electron chi connectivity index (χ3n) is 3.79. The quantitative estimate of drug-likeness (QED) is 0.702. The highest BCUT2D eigenvalue weighted by Gasteiger charge is 2.12. The number of para-hydroxylation sites is 1. The van der Waals surface area contributed by atoms with Crippen LogP contribution in [-0.2, 0) is 12.8 Å². The Morgan fingerprint density at radius 1 is 0.900 bits per heavy atom. The maximum absolute atomic E-state index is 5.97. The van der Waals surface area contributed by atoms with E-state index in [1.807, 2.05) is 30.3 Å². The normalized spacial score (nSPS) is 13.4. The summed E-state index contributed by atoms with van der Waals surface area (Å²) in [6.45, 7) is 0. The standard InChI is InChI=1S/C17H14N2O/c1-2-7-16-15(6-1)17(19-11-18-16)20-14-9-8-12-4-3-5-13(12)10-14/h1-2,6-11H,3-5H2.